The lowest BCUT2D eigenvalue weighted by Crippen LogP contribution is -2.50. The average molecular weight is 556 g/mol. The van der Waals surface area contributed by atoms with E-state index in [-0.39, 0.29) is 37.5 Å². The highest BCUT2D eigenvalue weighted by atomic mass is 32.1. The number of ether oxygens (including phenoxy) is 2. The van der Waals surface area contributed by atoms with Gasteiger partial charge < -0.3 is 14.4 Å². The van der Waals surface area contributed by atoms with Gasteiger partial charge in [-0.1, -0.05) is 24.3 Å². The highest BCUT2D eigenvalue weighted by Gasteiger charge is 2.45. The number of benzene rings is 3. The molecular formula is C31H29N3O5S. The molecule has 6 rings (SSSR count). The fourth-order valence-corrected chi connectivity index (χ4v) is 6.26. The van der Waals surface area contributed by atoms with Crippen molar-refractivity contribution < 1.29 is 23.9 Å². The van der Waals surface area contributed by atoms with Crippen LogP contribution in [-0.2, 0) is 19.1 Å². The van der Waals surface area contributed by atoms with Crippen LogP contribution in [0.4, 0.5) is 5.69 Å². The molecule has 3 heterocycles. The van der Waals surface area contributed by atoms with E-state index in [1.165, 1.54) is 15.4 Å². The molecule has 2 fully saturated rings. The molecule has 3 amide bonds. The summed E-state index contributed by atoms with van der Waals surface area (Å²) in [5.74, 6) is -0.549. The Bertz CT molecular complexity index is 1550. The third-order valence-electron chi connectivity index (χ3n) is 7.27. The van der Waals surface area contributed by atoms with Crippen molar-refractivity contribution in [3.63, 3.8) is 0 Å². The van der Waals surface area contributed by atoms with Crippen LogP contribution in [-0.4, -0.2) is 59.5 Å². The van der Waals surface area contributed by atoms with Gasteiger partial charge in [0, 0.05) is 18.7 Å². The minimum absolute atomic E-state index is 0.0817. The maximum Gasteiger partial charge on any atom is 0.261 e. The second-order valence-corrected chi connectivity index (χ2v) is 11.1. The summed E-state index contributed by atoms with van der Waals surface area (Å²) in [6.45, 7) is 2.68. The molecule has 8 nitrogen and oxygen atoms in total. The summed E-state index contributed by atoms with van der Waals surface area (Å²) in [5.41, 5.74) is 3.50. The Kier molecular flexibility index (Phi) is 7.32. The first-order valence-corrected chi connectivity index (χ1v) is 14.2. The van der Waals surface area contributed by atoms with E-state index in [0.717, 1.165) is 33.6 Å². The Morgan fingerprint density at radius 3 is 2.65 bits per heavy atom. The number of carbonyl (C=O) groups excluding carboxylic acids is 3. The number of aryl methyl sites for hydroxylation is 1. The molecule has 9 heteroatoms. The number of rotatable bonds is 8. The van der Waals surface area contributed by atoms with Crippen LogP contribution in [0, 0.1) is 6.92 Å². The standard InChI is InChI=1S/C31H29N3O5S/c1-20-9-14-25-27(16-20)40-30(32-25)21-10-12-22(13-11-21)34-28(35)17-26(31(34)37)33(18-24-8-5-15-38-24)29(36)19-39-23-6-3-2-4-7-23/h2-4,6-7,9-14,16,24,26H,5,8,15,17-19H2,1H3. The number of carbonyl (C=O) groups is 3. The van der Waals surface area contributed by atoms with Gasteiger partial charge in [-0.2, -0.15) is 0 Å². The lowest BCUT2D eigenvalue weighted by molar-refractivity contribution is -0.141. The number of hydrogen-bond donors (Lipinski definition) is 0. The van der Waals surface area contributed by atoms with Crippen molar-refractivity contribution in [2.24, 2.45) is 0 Å². The zero-order valence-corrected chi connectivity index (χ0v) is 22.9. The molecule has 0 spiro atoms. The molecule has 0 bridgehead atoms. The molecule has 1 aromatic heterocycles. The Morgan fingerprint density at radius 2 is 1.90 bits per heavy atom. The second-order valence-electron chi connectivity index (χ2n) is 10.1. The minimum Gasteiger partial charge on any atom is -0.484 e. The first kappa shape index (κ1) is 26.2. The van der Waals surface area contributed by atoms with Crippen LogP contribution in [0.25, 0.3) is 20.8 Å². The highest BCUT2D eigenvalue weighted by molar-refractivity contribution is 7.21. The monoisotopic (exact) mass is 555 g/mol. The van der Waals surface area contributed by atoms with Crippen molar-refractivity contribution in [3.05, 3.63) is 78.4 Å². The van der Waals surface area contributed by atoms with Gasteiger partial charge in [-0.3, -0.25) is 14.4 Å². The van der Waals surface area contributed by atoms with Gasteiger partial charge in [-0.15, -0.1) is 11.3 Å². The van der Waals surface area contributed by atoms with Gasteiger partial charge in [0.15, 0.2) is 6.61 Å². The van der Waals surface area contributed by atoms with E-state index < -0.39 is 11.9 Å². The number of nitrogens with zero attached hydrogens (tertiary/aromatic N) is 3. The van der Waals surface area contributed by atoms with Crippen molar-refractivity contribution in [1.82, 2.24) is 9.88 Å². The molecule has 0 saturated carbocycles. The van der Waals surface area contributed by atoms with Gasteiger partial charge in [0.05, 0.1) is 28.4 Å². The zero-order valence-electron chi connectivity index (χ0n) is 22.1. The molecule has 0 aliphatic carbocycles. The van der Waals surface area contributed by atoms with Crippen LogP contribution in [0.5, 0.6) is 5.75 Å². The molecule has 2 aliphatic rings. The summed E-state index contributed by atoms with van der Waals surface area (Å²) in [7, 11) is 0. The van der Waals surface area contributed by atoms with E-state index in [2.05, 4.69) is 13.0 Å². The number of para-hydroxylation sites is 1. The number of aromatic nitrogens is 1. The van der Waals surface area contributed by atoms with Crippen LogP contribution < -0.4 is 9.64 Å². The van der Waals surface area contributed by atoms with Gasteiger partial charge in [0.1, 0.15) is 16.8 Å². The Morgan fingerprint density at radius 1 is 1.10 bits per heavy atom. The second kappa shape index (κ2) is 11.2. The summed E-state index contributed by atoms with van der Waals surface area (Å²) in [5, 5.41) is 0.871. The molecule has 2 atom stereocenters. The smallest absolute Gasteiger partial charge is 0.261 e. The fourth-order valence-electron chi connectivity index (χ4n) is 5.19. The summed E-state index contributed by atoms with van der Waals surface area (Å²) in [6, 6.07) is 21.6. The number of hydrogen-bond acceptors (Lipinski definition) is 7. The topological polar surface area (TPSA) is 89.0 Å². The fraction of sp³-hybridized carbons (Fsp3) is 0.290. The third-order valence-corrected chi connectivity index (χ3v) is 8.33. The van der Waals surface area contributed by atoms with Crippen molar-refractivity contribution in [2.75, 3.05) is 24.7 Å². The first-order valence-electron chi connectivity index (χ1n) is 13.4. The van der Waals surface area contributed by atoms with Crippen molar-refractivity contribution >= 4 is 45.0 Å². The Hall–Kier alpha value is -4.08. The van der Waals surface area contributed by atoms with E-state index in [1.54, 1.807) is 35.6 Å². The summed E-state index contributed by atoms with van der Waals surface area (Å²) in [4.78, 5) is 47.5. The largest absolute Gasteiger partial charge is 0.484 e. The van der Waals surface area contributed by atoms with Crippen LogP contribution in [0.15, 0.2) is 72.8 Å². The number of amides is 3. The van der Waals surface area contributed by atoms with Gasteiger partial charge >= 0.3 is 0 Å². The van der Waals surface area contributed by atoms with Gasteiger partial charge in [0.2, 0.25) is 5.91 Å². The molecule has 3 aromatic carbocycles. The molecule has 0 N–H and O–H groups in total. The van der Waals surface area contributed by atoms with Crippen molar-refractivity contribution in [1.29, 1.82) is 0 Å². The lowest BCUT2D eigenvalue weighted by Gasteiger charge is -2.29. The predicted molar refractivity (Wildman–Crippen MR) is 153 cm³/mol. The van der Waals surface area contributed by atoms with Gasteiger partial charge in [-0.25, -0.2) is 9.88 Å². The molecule has 2 unspecified atom stereocenters. The van der Waals surface area contributed by atoms with E-state index in [4.69, 9.17) is 14.5 Å². The van der Waals surface area contributed by atoms with E-state index in [1.807, 2.05) is 42.5 Å². The van der Waals surface area contributed by atoms with Crippen molar-refractivity contribution in [2.45, 2.75) is 38.3 Å². The first-order chi connectivity index (χ1) is 19.5. The Balaban J connectivity index is 1.20. The van der Waals surface area contributed by atoms with Crippen molar-refractivity contribution in [3.8, 4) is 16.3 Å². The quantitative estimate of drug-likeness (QED) is 0.285. The normalized spacial score (nSPS) is 19.0. The van der Waals surface area contributed by atoms with Crippen LogP contribution >= 0.6 is 11.3 Å². The Labute approximate surface area is 236 Å². The average Bonchev–Trinajstić information content (AvgIpc) is 3.70. The third kappa shape index (κ3) is 5.35. The van der Waals surface area contributed by atoms with E-state index in [0.29, 0.717) is 18.0 Å². The summed E-state index contributed by atoms with van der Waals surface area (Å²) in [6.07, 6.45) is 1.45. The molecule has 0 radical (unpaired) electrons. The zero-order chi connectivity index (χ0) is 27.6. The molecule has 40 heavy (non-hydrogen) atoms. The molecular weight excluding hydrogens is 526 g/mol. The number of thiazole rings is 1. The lowest BCUT2D eigenvalue weighted by atomic mass is 10.1. The summed E-state index contributed by atoms with van der Waals surface area (Å²) >= 11 is 1.60. The number of anilines is 1. The highest BCUT2D eigenvalue weighted by Crippen LogP contribution is 2.33. The molecule has 2 saturated heterocycles. The maximum absolute atomic E-state index is 13.6. The van der Waals surface area contributed by atoms with Crippen LogP contribution in [0.2, 0.25) is 0 Å². The van der Waals surface area contributed by atoms with E-state index >= 15 is 0 Å². The molecule has 204 valence electrons. The minimum atomic E-state index is -0.907. The SMILES string of the molecule is Cc1ccc2nc(-c3ccc(N4C(=O)CC(N(CC5CCCO5)C(=O)COc5ccccc5)C4=O)cc3)sc2c1. The predicted octanol–water partition coefficient (Wildman–Crippen LogP) is 4.99. The number of fused-ring (bicyclic) bond motifs is 1. The molecule has 2 aliphatic heterocycles. The van der Waals surface area contributed by atoms with Gasteiger partial charge in [-0.05, 0) is 73.9 Å². The van der Waals surface area contributed by atoms with Crippen LogP contribution in [0.3, 0.4) is 0 Å². The number of imide groups is 1. The van der Waals surface area contributed by atoms with Crippen LogP contribution in [0.1, 0.15) is 24.8 Å². The summed E-state index contributed by atoms with van der Waals surface area (Å²) < 4.78 is 12.6. The van der Waals surface area contributed by atoms with E-state index in [9.17, 15) is 14.4 Å². The maximum atomic E-state index is 13.6. The molecule has 4 aromatic rings. The van der Waals surface area contributed by atoms with Gasteiger partial charge in [0.25, 0.3) is 11.8 Å².